The molecule has 0 spiro atoms. The summed E-state index contributed by atoms with van der Waals surface area (Å²) in [6, 6.07) is 0. The quantitative estimate of drug-likeness (QED) is 0.618. The molecule has 3 N–H and O–H groups in total. The van der Waals surface area contributed by atoms with E-state index in [9.17, 15) is 5.11 Å². The van der Waals surface area contributed by atoms with Gasteiger partial charge in [0.05, 0.1) is 5.60 Å². The Morgan fingerprint density at radius 3 is 2.67 bits per heavy atom. The summed E-state index contributed by atoms with van der Waals surface area (Å²) in [7, 11) is 0. The molecule has 1 fully saturated rings. The highest BCUT2D eigenvalue weighted by atomic mass is 32.2. The second-order valence-corrected chi connectivity index (χ2v) is 4.74. The Balaban J connectivity index is 2.23. The number of hydrogen-bond donors (Lipinski definition) is 2. The number of hydrogen-bond acceptors (Lipinski definition) is 3. The smallest absolute Gasteiger partial charge is 0.0887 e. The standard InChI is InChI=1S/C9H19NOS/c1-2-5-12-7-9(11,6-10)8-3-4-8/h8,11H,2-7,10H2,1H3. The van der Waals surface area contributed by atoms with Gasteiger partial charge in [-0.05, 0) is 30.9 Å². The summed E-state index contributed by atoms with van der Waals surface area (Å²) in [6.07, 6.45) is 3.51. The molecule has 1 rings (SSSR count). The molecule has 0 aliphatic heterocycles. The number of thioether (sulfide) groups is 1. The summed E-state index contributed by atoms with van der Waals surface area (Å²) < 4.78 is 0. The molecule has 0 aromatic rings. The number of aliphatic hydroxyl groups is 1. The summed E-state index contributed by atoms with van der Waals surface area (Å²) >= 11 is 1.82. The van der Waals surface area contributed by atoms with Crippen LogP contribution in [0.3, 0.4) is 0 Å². The van der Waals surface area contributed by atoms with Crippen LogP contribution in [0.5, 0.6) is 0 Å². The average Bonchev–Trinajstić information content (AvgIpc) is 2.87. The molecule has 72 valence electrons. The Labute approximate surface area is 78.9 Å². The molecule has 1 unspecified atom stereocenters. The molecule has 0 heterocycles. The van der Waals surface area contributed by atoms with Gasteiger partial charge in [-0.15, -0.1) is 0 Å². The summed E-state index contributed by atoms with van der Waals surface area (Å²) in [6.45, 7) is 2.58. The van der Waals surface area contributed by atoms with E-state index in [-0.39, 0.29) is 0 Å². The second-order valence-electron chi connectivity index (χ2n) is 3.63. The van der Waals surface area contributed by atoms with Gasteiger partial charge in [-0.3, -0.25) is 0 Å². The number of nitrogens with two attached hydrogens (primary N) is 1. The van der Waals surface area contributed by atoms with Crippen molar-refractivity contribution in [1.82, 2.24) is 0 Å². The van der Waals surface area contributed by atoms with Gasteiger partial charge >= 0.3 is 0 Å². The maximum atomic E-state index is 10.0. The van der Waals surface area contributed by atoms with Crippen molar-refractivity contribution in [2.24, 2.45) is 11.7 Å². The molecule has 0 aromatic carbocycles. The van der Waals surface area contributed by atoms with Crippen LogP contribution in [0.25, 0.3) is 0 Å². The minimum atomic E-state index is -0.556. The van der Waals surface area contributed by atoms with E-state index < -0.39 is 5.60 Å². The Morgan fingerprint density at radius 1 is 1.58 bits per heavy atom. The second kappa shape index (κ2) is 4.49. The van der Waals surface area contributed by atoms with Crippen molar-refractivity contribution in [3.8, 4) is 0 Å². The Bertz CT molecular complexity index is 138. The third-order valence-corrected chi connectivity index (χ3v) is 3.79. The molecule has 3 heteroatoms. The molecule has 0 radical (unpaired) electrons. The molecule has 0 aromatic heterocycles. The summed E-state index contributed by atoms with van der Waals surface area (Å²) in [5, 5.41) is 10.0. The van der Waals surface area contributed by atoms with Crippen molar-refractivity contribution in [1.29, 1.82) is 0 Å². The minimum absolute atomic E-state index is 0.425. The van der Waals surface area contributed by atoms with Crippen molar-refractivity contribution in [2.45, 2.75) is 31.8 Å². The molecule has 1 aliphatic rings. The van der Waals surface area contributed by atoms with Crippen molar-refractivity contribution in [3.05, 3.63) is 0 Å². The van der Waals surface area contributed by atoms with Gasteiger partial charge in [0.25, 0.3) is 0 Å². The fourth-order valence-electron chi connectivity index (χ4n) is 1.36. The van der Waals surface area contributed by atoms with Crippen LogP contribution in [0.1, 0.15) is 26.2 Å². The molecule has 1 atom stereocenters. The highest BCUT2D eigenvalue weighted by molar-refractivity contribution is 7.99. The lowest BCUT2D eigenvalue weighted by atomic mass is 10.0. The topological polar surface area (TPSA) is 46.2 Å². The van der Waals surface area contributed by atoms with Crippen LogP contribution < -0.4 is 5.73 Å². The Morgan fingerprint density at radius 2 is 2.25 bits per heavy atom. The lowest BCUT2D eigenvalue weighted by molar-refractivity contribution is 0.0510. The van der Waals surface area contributed by atoms with Crippen molar-refractivity contribution < 1.29 is 5.11 Å². The van der Waals surface area contributed by atoms with Crippen LogP contribution in [-0.4, -0.2) is 28.8 Å². The fourth-order valence-corrected chi connectivity index (χ4v) is 2.50. The molecule has 0 bridgehead atoms. The molecular formula is C9H19NOS. The van der Waals surface area contributed by atoms with Crippen LogP contribution in [-0.2, 0) is 0 Å². The van der Waals surface area contributed by atoms with Crippen molar-refractivity contribution in [3.63, 3.8) is 0 Å². The van der Waals surface area contributed by atoms with Gasteiger partial charge in [-0.1, -0.05) is 6.92 Å². The average molecular weight is 189 g/mol. The summed E-state index contributed by atoms with van der Waals surface area (Å²) in [4.78, 5) is 0. The van der Waals surface area contributed by atoms with Crippen molar-refractivity contribution in [2.75, 3.05) is 18.1 Å². The fraction of sp³-hybridized carbons (Fsp3) is 1.00. The van der Waals surface area contributed by atoms with E-state index >= 15 is 0 Å². The maximum Gasteiger partial charge on any atom is 0.0887 e. The predicted molar refractivity (Wildman–Crippen MR) is 54.3 cm³/mol. The zero-order valence-electron chi connectivity index (χ0n) is 7.75. The van der Waals surface area contributed by atoms with E-state index in [4.69, 9.17) is 5.73 Å². The monoisotopic (exact) mass is 189 g/mol. The van der Waals surface area contributed by atoms with Crippen LogP contribution in [0, 0.1) is 5.92 Å². The van der Waals surface area contributed by atoms with Crippen LogP contribution >= 0.6 is 11.8 Å². The first-order valence-corrected chi connectivity index (χ1v) is 5.88. The first kappa shape index (κ1) is 10.4. The van der Waals surface area contributed by atoms with Gasteiger partial charge in [0.2, 0.25) is 0 Å². The van der Waals surface area contributed by atoms with Gasteiger partial charge < -0.3 is 10.8 Å². The predicted octanol–water partition coefficient (Wildman–Crippen LogP) is 1.23. The molecule has 12 heavy (non-hydrogen) atoms. The summed E-state index contributed by atoms with van der Waals surface area (Å²) in [5.74, 6) is 2.45. The highest BCUT2D eigenvalue weighted by Crippen LogP contribution is 2.40. The van der Waals surface area contributed by atoms with Crippen molar-refractivity contribution >= 4 is 11.8 Å². The van der Waals surface area contributed by atoms with Crippen LogP contribution in [0.4, 0.5) is 0 Å². The van der Waals surface area contributed by atoms with Gasteiger partial charge in [0.15, 0.2) is 0 Å². The molecule has 1 aliphatic carbocycles. The molecular weight excluding hydrogens is 170 g/mol. The van der Waals surface area contributed by atoms with E-state index in [2.05, 4.69) is 6.92 Å². The van der Waals surface area contributed by atoms with Gasteiger partial charge in [0.1, 0.15) is 0 Å². The third-order valence-electron chi connectivity index (χ3n) is 2.39. The lowest BCUT2D eigenvalue weighted by Gasteiger charge is -2.25. The number of rotatable bonds is 6. The third kappa shape index (κ3) is 2.64. The normalized spacial score (nSPS) is 22.2. The van der Waals surface area contributed by atoms with Crippen LogP contribution in [0.2, 0.25) is 0 Å². The van der Waals surface area contributed by atoms with Gasteiger partial charge in [-0.25, -0.2) is 0 Å². The lowest BCUT2D eigenvalue weighted by Crippen LogP contribution is -2.42. The first-order chi connectivity index (χ1) is 5.73. The van der Waals surface area contributed by atoms with E-state index in [1.54, 1.807) is 0 Å². The van der Waals surface area contributed by atoms with Crippen LogP contribution in [0.15, 0.2) is 0 Å². The SMILES string of the molecule is CCCSCC(O)(CN)C1CC1. The first-order valence-electron chi connectivity index (χ1n) is 4.73. The Kier molecular flexibility index (Phi) is 3.87. The molecule has 0 amide bonds. The maximum absolute atomic E-state index is 10.0. The van der Waals surface area contributed by atoms with E-state index in [1.165, 1.54) is 19.3 Å². The van der Waals surface area contributed by atoms with E-state index in [1.807, 2.05) is 11.8 Å². The Hall–Kier alpha value is 0.270. The molecule has 0 saturated heterocycles. The van der Waals surface area contributed by atoms with E-state index in [0.717, 1.165) is 11.5 Å². The molecule has 2 nitrogen and oxygen atoms in total. The largest absolute Gasteiger partial charge is 0.387 e. The van der Waals surface area contributed by atoms with Gasteiger partial charge in [0, 0.05) is 12.3 Å². The zero-order valence-corrected chi connectivity index (χ0v) is 8.57. The summed E-state index contributed by atoms with van der Waals surface area (Å²) in [5.41, 5.74) is 5.01. The zero-order chi connectivity index (χ0) is 9.03. The van der Waals surface area contributed by atoms with E-state index in [0.29, 0.717) is 12.5 Å². The minimum Gasteiger partial charge on any atom is -0.387 e. The molecule has 1 saturated carbocycles. The highest BCUT2D eigenvalue weighted by Gasteiger charge is 2.42. The van der Waals surface area contributed by atoms with Gasteiger partial charge in [-0.2, -0.15) is 11.8 Å².